The Morgan fingerprint density at radius 3 is 2.47 bits per heavy atom. The predicted octanol–water partition coefficient (Wildman–Crippen LogP) is 6.50. The Bertz CT molecular complexity index is 1310. The highest BCUT2D eigenvalue weighted by Gasteiger charge is 2.67. The molecule has 2 heterocycles. The maximum Gasteiger partial charge on any atom is 0.352 e. The Balaban J connectivity index is 1.35. The molecule has 1 aliphatic heterocycles. The van der Waals surface area contributed by atoms with E-state index in [-0.39, 0.29) is 12.0 Å². The Kier molecular flexibility index (Phi) is 5.82. The van der Waals surface area contributed by atoms with Gasteiger partial charge in [-0.25, -0.2) is 9.78 Å². The standard InChI is InChI=1S/C30H27NO5/c1-20(32)35-36-25-16-8-10-21(19-25)18-24-15-9-17-26-30(24,34-26)29-31-27(22-11-4-2-5-12-22)28(33-29)23-13-6-3-7-14-23/h2-8,10-14,16,19,24,26H,9,15,17-18H2,1H3/t24-,26?,30?/m0/s1. The van der Waals surface area contributed by atoms with Crippen LogP contribution >= 0.6 is 0 Å². The number of nitrogens with zero attached hydrogens (tertiary/aromatic N) is 1. The molecular weight excluding hydrogens is 454 g/mol. The van der Waals surface area contributed by atoms with Gasteiger partial charge in [-0.2, -0.15) is 0 Å². The second kappa shape index (κ2) is 9.28. The van der Waals surface area contributed by atoms with Crippen LogP contribution in [-0.2, 0) is 26.4 Å². The zero-order valence-corrected chi connectivity index (χ0v) is 20.1. The van der Waals surface area contributed by atoms with Crippen LogP contribution in [-0.4, -0.2) is 17.1 Å². The van der Waals surface area contributed by atoms with Gasteiger partial charge < -0.3 is 9.15 Å². The van der Waals surface area contributed by atoms with Gasteiger partial charge in [0, 0.05) is 24.0 Å². The van der Waals surface area contributed by atoms with E-state index in [2.05, 4.69) is 18.2 Å². The molecule has 182 valence electrons. The molecule has 36 heavy (non-hydrogen) atoms. The van der Waals surface area contributed by atoms with Crippen molar-refractivity contribution in [2.24, 2.45) is 5.92 Å². The van der Waals surface area contributed by atoms with Crippen molar-refractivity contribution >= 4 is 5.97 Å². The molecule has 4 aromatic rings. The third kappa shape index (κ3) is 4.18. The van der Waals surface area contributed by atoms with Gasteiger partial charge >= 0.3 is 5.97 Å². The van der Waals surface area contributed by atoms with Gasteiger partial charge in [0.1, 0.15) is 5.69 Å². The lowest BCUT2D eigenvalue weighted by Crippen LogP contribution is -2.30. The first-order valence-corrected chi connectivity index (χ1v) is 12.4. The van der Waals surface area contributed by atoms with E-state index in [0.717, 1.165) is 53.8 Å². The predicted molar refractivity (Wildman–Crippen MR) is 134 cm³/mol. The Hall–Kier alpha value is -3.90. The number of epoxide rings is 1. The largest absolute Gasteiger partial charge is 0.437 e. The molecule has 6 rings (SSSR count). The highest BCUT2D eigenvalue weighted by atomic mass is 17.2. The van der Waals surface area contributed by atoms with E-state index >= 15 is 0 Å². The molecule has 1 saturated heterocycles. The number of carbonyl (C=O) groups is 1. The zero-order valence-electron chi connectivity index (χ0n) is 20.1. The first-order chi connectivity index (χ1) is 17.6. The average Bonchev–Trinajstić information content (AvgIpc) is 3.51. The fourth-order valence-electron chi connectivity index (χ4n) is 5.39. The van der Waals surface area contributed by atoms with Crippen LogP contribution in [0.1, 0.15) is 37.6 Å². The first kappa shape index (κ1) is 22.6. The summed E-state index contributed by atoms with van der Waals surface area (Å²) in [6.45, 7) is 1.31. The average molecular weight is 482 g/mol. The normalized spacial score (nSPS) is 22.5. The Morgan fingerprint density at radius 2 is 1.72 bits per heavy atom. The molecular formula is C30H27NO5. The summed E-state index contributed by atoms with van der Waals surface area (Å²) in [5.74, 6) is 1.62. The van der Waals surface area contributed by atoms with E-state index in [4.69, 9.17) is 23.9 Å². The molecule has 3 atom stereocenters. The molecule has 0 spiro atoms. The van der Waals surface area contributed by atoms with Crippen molar-refractivity contribution in [2.45, 2.75) is 44.3 Å². The van der Waals surface area contributed by atoms with Crippen LogP contribution in [0.15, 0.2) is 89.3 Å². The minimum atomic E-state index is -0.540. The topological polar surface area (TPSA) is 74.1 Å². The summed E-state index contributed by atoms with van der Waals surface area (Å²) in [7, 11) is 0. The Labute approximate surface area is 209 Å². The number of rotatable bonds is 7. The minimum absolute atomic E-state index is 0.0997. The summed E-state index contributed by atoms with van der Waals surface area (Å²) < 4.78 is 13.0. The van der Waals surface area contributed by atoms with Gasteiger partial charge in [0.2, 0.25) is 5.89 Å². The van der Waals surface area contributed by atoms with Crippen LogP contribution < -0.4 is 4.89 Å². The third-order valence-corrected chi connectivity index (χ3v) is 7.06. The minimum Gasteiger partial charge on any atom is -0.437 e. The molecule has 6 nitrogen and oxygen atoms in total. The number of fused-ring (bicyclic) bond motifs is 1. The van der Waals surface area contributed by atoms with E-state index in [1.807, 2.05) is 60.7 Å². The van der Waals surface area contributed by atoms with Gasteiger partial charge in [-0.05, 0) is 37.0 Å². The quantitative estimate of drug-likeness (QED) is 0.170. The van der Waals surface area contributed by atoms with Crippen LogP contribution in [0.25, 0.3) is 22.6 Å². The number of carbonyl (C=O) groups excluding carboxylic acids is 1. The van der Waals surface area contributed by atoms with Gasteiger partial charge in [-0.15, -0.1) is 0 Å². The van der Waals surface area contributed by atoms with Crippen molar-refractivity contribution in [3.05, 3.63) is 96.4 Å². The molecule has 2 fully saturated rings. The van der Waals surface area contributed by atoms with Crippen LogP contribution in [0.2, 0.25) is 0 Å². The van der Waals surface area contributed by atoms with E-state index < -0.39 is 11.6 Å². The van der Waals surface area contributed by atoms with Crippen molar-refractivity contribution in [1.29, 1.82) is 0 Å². The first-order valence-electron chi connectivity index (χ1n) is 12.4. The molecule has 2 unspecified atom stereocenters. The number of hydrogen-bond donors (Lipinski definition) is 0. The molecule has 1 aromatic heterocycles. The second-order valence-electron chi connectivity index (χ2n) is 9.47. The molecule has 1 aliphatic carbocycles. The van der Waals surface area contributed by atoms with Crippen molar-refractivity contribution < 1.29 is 23.7 Å². The fraction of sp³-hybridized carbons (Fsp3) is 0.267. The van der Waals surface area contributed by atoms with Gasteiger partial charge in [0.25, 0.3) is 0 Å². The number of benzene rings is 3. The summed E-state index contributed by atoms with van der Waals surface area (Å²) in [5, 5.41) is 0. The van der Waals surface area contributed by atoms with E-state index in [0.29, 0.717) is 11.6 Å². The Morgan fingerprint density at radius 1 is 0.972 bits per heavy atom. The molecule has 3 aromatic carbocycles. The third-order valence-electron chi connectivity index (χ3n) is 7.06. The summed E-state index contributed by atoms with van der Waals surface area (Å²) in [6, 6.07) is 27.9. The number of hydrogen-bond acceptors (Lipinski definition) is 6. The summed E-state index contributed by atoms with van der Waals surface area (Å²) in [5.41, 5.74) is 3.38. The molecule has 0 radical (unpaired) electrons. The van der Waals surface area contributed by atoms with Crippen LogP contribution in [0.4, 0.5) is 0 Å². The lowest BCUT2D eigenvalue weighted by atomic mass is 9.75. The van der Waals surface area contributed by atoms with Crippen molar-refractivity contribution in [2.75, 3.05) is 0 Å². The van der Waals surface area contributed by atoms with Gasteiger partial charge in [0.15, 0.2) is 17.1 Å². The van der Waals surface area contributed by atoms with Crippen LogP contribution in [0.3, 0.4) is 0 Å². The second-order valence-corrected chi connectivity index (χ2v) is 9.47. The molecule has 0 N–H and O–H groups in total. The summed E-state index contributed by atoms with van der Waals surface area (Å²) in [6.07, 6.45) is 3.98. The van der Waals surface area contributed by atoms with Crippen LogP contribution in [0.5, 0.6) is 5.75 Å². The SMILES string of the molecule is CC(=O)OOc1cccc(C[C@@H]2CCCC3OC32c2nc(-c3ccccc3)c(-c3ccccc3)o2)c1. The monoisotopic (exact) mass is 481 g/mol. The van der Waals surface area contributed by atoms with Gasteiger partial charge in [-0.3, -0.25) is 9.78 Å². The maximum atomic E-state index is 11.1. The van der Waals surface area contributed by atoms with E-state index in [1.165, 1.54) is 6.92 Å². The smallest absolute Gasteiger partial charge is 0.352 e. The number of aromatic nitrogens is 1. The molecule has 2 aliphatic rings. The molecule has 1 saturated carbocycles. The fourth-order valence-corrected chi connectivity index (χ4v) is 5.39. The highest BCUT2D eigenvalue weighted by molar-refractivity contribution is 5.77. The summed E-state index contributed by atoms with van der Waals surface area (Å²) in [4.78, 5) is 26.1. The number of oxazole rings is 1. The maximum absolute atomic E-state index is 11.1. The molecule has 0 amide bonds. The van der Waals surface area contributed by atoms with Crippen LogP contribution in [0, 0.1) is 5.92 Å². The number of ether oxygens (including phenoxy) is 1. The zero-order chi connectivity index (χ0) is 24.5. The molecule has 6 heteroatoms. The highest BCUT2D eigenvalue weighted by Crippen LogP contribution is 2.59. The van der Waals surface area contributed by atoms with Crippen molar-refractivity contribution in [3.8, 4) is 28.3 Å². The van der Waals surface area contributed by atoms with Gasteiger partial charge in [0.05, 0.1) is 6.10 Å². The van der Waals surface area contributed by atoms with E-state index in [1.54, 1.807) is 6.07 Å². The lowest BCUT2D eigenvalue weighted by molar-refractivity contribution is -0.210. The summed E-state index contributed by atoms with van der Waals surface area (Å²) >= 11 is 0. The molecule has 0 bridgehead atoms. The van der Waals surface area contributed by atoms with Crippen molar-refractivity contribution in [1.82, 2.24) is 4.98 Å². The van der Waals surface area contributed by atoms with E-state index in [9.17, 15) is 4.79 Å². The van der Waals surface area contributed by atoms with Gasteiger partial charge in [-0.1, -0.05) is 79.2 Å². The lowest BCUT2D eigenvalue weighted by Gasteiger charge is -2.26. The van der Waals surface area contributed by atoms with Crippen molar-refractivity contribution in [3.63, 3.8) is 0 Å².